The minimum Gasteiger partial charge on any atom is -0.486 e. The molecule has 2 atom stereocenters. The standard InChI is InChI=1S/C21H19F6N5O2/c1-20(6-16(21(25,26)27)34-19(28)32-20)12-5-15-10(4-13(12)22)7-30-18(31-15)14-3-2-11(8-29-14)33-9-17(23)24/h2-5,8,16-17H,6-7,9H2,1H3,(H2,28,32)(H,30,31)/t16-,20-/m0/s1. The number of amidine groups is 2. The largest absolute Gasteiger partial charge is 0.486 e. The average molecular weight is 487 g/mol. The fourth-order valence-electron chi connectivity index (χ4n) is 3.73. The molecular weight excluding hydrogens is 468 g/mol. The average Bonchev–Trinajstić information content (AvgIpc) is 2.76. The van der Waals surface area contributed by atoms with Crippen LogP contribution in [-0.2, 0) is 16.8 Å². The summed E-state index contributed by atoms with van der Waals surface area (Å²) in [6, 6.07) is 4.78. The molecule has 34 heavy (non-hydrogen) atoms. The molecule has 1 aromatic heterocycles. The summed E-state index contributed by atoms with van der Waals surface area (Å²) in [7, 11) is 0. The van der Waals surface area contributed by atoms with Crippen molar-refractivity contribution < 1.29 is 35.8 Å². The van der Waals surface area contributed by atoms with Gasteiger partial charge in [-0.15, -0.1) is 0 Å². The molecule has 0 spiro atoms. The van der Waals surface area contributed by atoms with Crippen molar-refractivity contribution in [3.63, 3.8) is 0 Å². The number of hydrogen-bond donors (Lipinski definition) is 2. The first-order valence-corrected chi connectivity index (χ1v) is 10.1. The molecule has 0 saturated heterocycles. The monoisotopic (exact) mass is 487 g/mol. The quantitative estimate of drug-likeness (QED) is 0.624. The molecule has 0 bridgehead atoms. The Kier molecular flexibility index (Phi) is 6.04. The Bertz CT molecular complexity index is 1140. The minimum absolute atomic E-state index is 0.111. The van der Waals surface area contributed by atoms with Crippen LogP contribution in [0.15, 0.2) is 40.4 Å². The van der Waals surface area contributed by atoms with E-state index in [2.05, 4.69) is 25.0 Å². The maximum atomic E-state index is 15.0. The van der Waals surface area contributed by atoms with Crippen LogP contribution in [0.1, 0.15) is 30.2 Å². The van der Waals surface area contributed by atoms with E-state index in [0.29, 0.717) is 22.8 Å². The second kappa shape index (κ2) is 8.69. The molecule has 0 aliphatic carbocycles. The molecule has 2 aliphatic heterocycles. The molecule has 182 valence electrons. The summed E-state index contributed by atoms with van der Waals surface area (Å²) in [6.07, 6.45) is -8.98. The van der Waals surface area contributed by atoms with E-state index in [9.17, 15) is 26.3 Å². The van der Waals surface area contributed by atoms with Crippen molar-refractivity contribution in [2.45, 2.75) is 44.1 Å². The fraction of sp³-hybridized carbons (Fsp3) is 0.381. The predicted molar refractivity (Wildman–Crippen MR) is 110 cm³/mol. The number of ether oxygens (including phenoxy) is 2. The molecule has 13 heteroatoms. The first-order chi connectivity index (χ1) is 15.9. The van der Waals surface area contributed by atoms with Crippen molar-refractivity contribution in [3.8, 4) is 5.75 Å². The van der Waals surface area contributed by atoms with Gasteiger partial charge in [0, 0.05) is 18.5 Å². The number of nitrogens with two attached hydrogens (primary N) is 1. The van der Waals surface area contributed by atoms with Gasteiger partial charge in [0.05, 0.1) is 17.4 Å². The lowest BCUT2D eigenvalue weighted by atomic mass is 9.84. The zero-order valence-electron chi connectivity index (χ0n) is 17.7. The lowest BCUT2D eigenvalue weighted by Crippen LogP contribution is -2.46. The van der Waals surface area contributed by atoms with Gasteiger partial charge in [0.15, 0.2) is 11.9 Å². The molecule has 0 unspecified atom stereocenters. The van der Waals surface area contributed by atoms with E-state index >= 15 is 0 Å². The van der Waals surface area contributed by atoms with Gasteiger partial charge in [0.25, 0.3) is 12.4 Å². The Labute approximate surface area is 189 Å². The highest BCUT2D eigenvalue weighted by Crippen LogP contribution is 2.42. The lowest BCUT2D eigenvalue weighted by Gasteiger charge is -2.36. The van der Waals surface area contributed by atoms with Gasteiger partial charge >= 0.3 is 6.18 Å². The molecule has 3 heterocycles. The number of nitrogens with zero attached hydrogens (tertiary/aromatic N) is 3. The Morgan fingerprint density at radius 1 is 1.29 bits per heavy atom. The number of rotatable bonds is 5. The molecule has 3 N–H and O–H groups in total. The molecule has 2 aromatic rings. The predicted octanol–water partition coefficient (Wildman–Crippen LogP) is 3.93. The Balaban J connectivity index is 1.65. The third-order valence-electron chi connectivity index (χ3n) is 5.35. The van der Waals surface area contributed by atoms with Crippen LogP contribution in [0.2, 0.25) is 0 Å². The van der Waals surface area contributed by atoms with E-state index in [0.717, 1.165) is 0 Å². The van der Waals surface area contributed by atoms with E-state index in [1.807, 2.05) is 0 Å². The zero-order valence-corrected chi connectivity index (χ0v) is 17.7. The number of halogens is 6. The molecule has 7 nitrogen and oxygen atoms in total. The van der Waals surface area contributed by atoms with Crippen LogP contribution in [0.25, 0.3) is 0 Å². The number of nitrogens with one attached hydrogen (secondary N) is 1. The second-order valence-corrected chi connectivity index (χ2v) is 7.93. The minimum atomic E-state index is -4.71. The van der Waals surface area contributed by atoms with Crippen molar-refractivity contribution in [1.82, 2.24) is 10.3 Å². The molecule has 2 aliphatic rings. The van der Waals surface area contributed by atoms with Crippen molar-refractivity contribution in [2.75, 3.05) is 6.61 Å². The van der Waals surface area contributed by atoms with Gasteiger partial charge in [-0.2, -0.15) is 13.2 Å². The summed E-state index contributed by atoms with van der Waals surface area (Å²) in [6.45, 7) is 0.748. The molecular formula is C21H19F6N5O2. The maximum Gasteiger partial charge on any atom is 0.425 e. The number of alkyl halides is 5. The molecule has 0 fully saturated rings. The van der Waals surface area contributed by atoms with Crippen LogP contribution in [0.5, 0.6) is 5.75 Å². The van der Waals surface area contributed by atoms with E-state index < -0.39 is 49.1 Å². The highest BCUT2D eigenvalue weighted by Gasteiger charge is 2.50. The van der Waals surface area contributed by atoms with Crippen LogP contribution in [-0.4, -0.2) is 42.2 Å². The number of hydrogen-bond acceptors (Lipinski definition) is 7. The number of aromatic nitrogens is 1. The van der Waals surface area contributed by atoms with Crippen LogP contribution < -0.4 is 15.8 Å². The van der Waals surface area contributed by atoms with Gasteiger partial charge in [-0.05, 0) is 36.8 Å². The fourth-order valence-corrected chi connectivity index (χ4v) is 3.73. The van der Waals surface area contributed by atoms with E-state index in [4.69, 9.17) is 10.5 Å². The van der Waals surface area contributed by atoms with E-state index in [1.165, 1.54) is 37.4 Å². The van der Waals surface area contributed by atoms with Gasteiger partial charge in [0.2, 0.25) is 0 Å². The number of pyridine rings is 1. The third kappa shape index (κ3) is 4.87. The smallest absolute Gasteiger partial charge is 0.425 e. The van der Waals surface area contributed by atoms with E-state index in [1.54, 1.807) is 0 Å². The highest BCUT2D eigenvalue weighted by molar-refractivity contribution is 5.99. The van der Waals surface area contributed by atoms with Crippen LogP contribution in [0, 0.1) is 5.82 Å². The van der Waals surface area contributed by atoms with Crippen LogP contribution >= 0.6 is 0 Å². The molecule has 0 radical (unpaired) electrons. The summed E-state index contributed by atoms with van der Waals surface area (Å²) in [5, 5.41) is 2.97. The van der Waals surface area contributed by atoms with Gasteiger partial charge in [-0.1, -0.05) is 0 Å². The van der Waals surface area contributed by atoms with Crippen molar-refractivity contribution in [3.05, 3.63) is 53.1 Å². The van der Waals surface area contributed by atoms with E-state index in [-0.39, 0.29) is 17.9 Å². The first kappa shape index (κ1) is 23.6. The van der Waals surface area contributed by atoms with Crippen molar-refractivity contribution >= 4 is 17.5 Å². The Morgan fingerprint density at radius 3 is 2.71 bits per heavy atom. The summed E-state index contributed by atoms with van der Waals surface area (Å²) in [4.78, 5) is 12.5. The van der Waals surface area contributed by atoms with Gasteiger partial charge in [-0.3, -0.25) is 0 Å². The Hall–Kier alpha value is -3.51. The van der Waals surface area contributed by atoms with Crippen molar-refractivity contribution in [2.24, 2.45) is 15.7 Å². The third-order valence-corrected chi connectivity index (χ3v) is 5.35. The topological polar surface area (TPSA) is 94.1 Å². The van der Waals surface area contributed by atoms with Gasteiger partial charge < -0.3 is 20.5 Å². The summed E-state index contributed by atoms with van der Waals surface area (Å²) in [5.41, 5.74) is 4.88. The number of benzene rings is 1. The highest BCUT2D eigenvalue weighted by atomic mass is 19.4. The Morgan fingerprint density at radius 2 is 2.06 bits per heavy atom. The molecule has 4 rings (SSSR count). The zero-order chi connectivity index (χ0) is 24.7. The summed E-state index contributed by atoms with van der Waals surface area (Å²) < 4.78 is 88.9. The van der Waals surface area contributed by atoms with Gasteiger partial charge in [0.1, 0.15) is 23.9 Å². The van der Waals surface area contributed by atoms with Gasteiger partial charge in [-0.25, -0.2) is 28.1 Å². The lowest BCUT2D eigenvalue weighted by molar-refractivity contribution is -0.208. The van der Waals surface area contributed by atoms with Crippen LogP contribution in [0.4, 0.5) is 32.0 Å². The second-order valence-electron chi connectivity index (χ2n) is 7.93. The number of fused-ring (bicyclic) bond motifs is 1. The normalized spacial score (nSPS) is 22.3. The molecule has 0 amide bonds. The molecule has 0 saturated carbocycles. The first-order valence-electron chi connectivity index (χ1n) is 10.1. The van der Waals surface area contributed by atoms with Crippen molar-refractivity contribution in [1.29, 1.82) is 0 Å². The SMILES string of the molecule is C[C@@]1(c2cc3c(cc2F)CNC(c2ccc(OCC(F)F)cn2)=N3)C[C@@H](C(F)(F)F)OC(N)=N1. The van der Waals surface area contributed by atoms with Crippen LogP contribution in [0.3, 0.4) is 0 Å². The summed E-state index contributed by atoms with van der Waals surface area (Å²) >= 11 is 0. The molecule has 1 aromatic carbocycles. The number of aliphatic imine (C=N–C) groups is 2. The maximum absolute atomic E-state index is 15.0. The summed E-state index contributed by atoms with van der Waals surface area (Å²) in [5.74, 6) is -0.300.